The Bertz CT molecular complexity index is 728. The third-order valence-electron chi connectivity index (χ3n) is 5.43. The first-order valence-corrected chi connectivity index (χ1v) is 11.1. The highest BCUT2D eigenvalue weighted by molar-refractivity contribution is 7.88. The molecular weight excluding hydrogens is 336 g/mol. The zero-order chi connectivity index (χ0) is 18.0. The van der Waals surface area contributed by atoms with Gasteiger partial charge in [-0.1, -0.05) is 24.1 Å². The Morgan fingerprint density at radius 3 is 2.36 bits per heavy atom. The molecule has 1 saturated carbocycles. The average molecular weight is 365 g/mol. The van der Waals surface area contributed by atoms with E-state index in [2.05, 4.69) is 0 Å². The van der Waals surface area contributed by atoms with E-state index in [1.165, 1.54) is 6.26 Å². The van der Waals surface area contributed by atoms with Crippen LogP contribution in [0, 0.1) is 6.92 Å². The second kappa shape index (κ2) is 7.46. The highest BCUT2D eigenvalue weighted by Gasteiger charge is 2.37. The summed E-state index contributed by atoms with van der Waals surface area (Å²) in [6, 6.07) is 7.86. The maximum atomic E-state index is 12.8. The molecule has 6 heteroatoms. The van der Waals surface area contributed by atoms with E-state index >= 15 is 0 Å². The quantitative estimate of drug-likeness (QED) is 0.825. The van der Waals surface area contributed by atoms with Crippen molar-refractivity contribution >= 4 is 15.9 Å². The number of nitrogens with zero attached hydrogens (tertiary/aromatic N) is 2. The molecule has 1 saturated heterocycles. The van der Waals surface area contributed by atoms with Crippen molar-refractivity contribution in [3.8, 4) is 0 Å². The summed E-state index contributed by atoms with van der Waals surface area (Å²) in [5, 5.41) is 0. The monoisotopic (exact) mass is 364 g/mol. The van der Waals surface area contributed by atoms with Crippen LogP contribution in [0.1, 0.15) is 54.4 Å². The Morgan fingerprint density at radius 2 is 1.76 bits per heavy atom. The summed E-state index contributed by atoms with van der Waals surface area (Å²) in [7, 11) is -3.21. The van der Waals surface area contributed by atoms with Crippen molar-refractivity contribution in [1.82, 2.24) is 9.21 Å². The van der Waals surface area contributed by atoms with Gasteiger partial charge < -0.3 is 4.90 Å². The molecule has 1 atom stereocenters. The van der Waals surface area contributed by atoms with E-state index < -0.39 is 10.0 Å². The molecule has 5 nitrogen and oxygen atoms in total. The molecule has 1 amide bonds. The number of likely N-dealkylation sites (tertiary alicyclic amines) is 1. The third kappa shape index (κ3) is 4.23. The highest BCUT2D eigenvalue weighted by atomic mass is 32.2. The molecule has 1 aromatic carbocycles. The molecule has 0 bridgehead atoms. The lowest BCUT2D eigenvalue weighted by molar-refractivity contribution is 0.0757. The maximum Gasteiger partial charge on any atom is 0.253 e. The number of sulfonamides is 1. The molecule has 2 fully saturated rings. The van der Waals surface area contributed by atoms with E-state index in [4.69, 9.17) is 0 Å². The fourth-order valence-corrected chi connectivity index (χ4v) is 5.48. The first kappa shape index (κ1) is 18.4. The molecule has 0 spiro atoms. The van der Waals surface area contributed by atoms with E-state index in [0.29, 0.717) is 13.1 Å². The Hall–Kier alpha value is -1.40. The number of hydrogen-bond acceptors (Lipinski definition) is 3. The van der Waals surface area contributed by atoms with Gasteiger partial charge in [-0.2, -0.15) is 4.31 Å². The van der Waals surface area contributed by atoms with Gasteiger partial charge in [-0.15, -0.1) is 0 Å². The molecule has 1 aliphatic heterocycles. The Balaban J connectivity index is 1.70. The van der Waals surface area contributed by atoms with E-state index in [0.717, 1.165) is 49.7 Å². The van der Waals surface area contributed by atoms with Crippen molar-refractivity contribution in [3.63, 3.8) is 0 Å². The molecule has 0 aromatic heterocycles. The summed E-state index contributed by atoms with van der Waals surface area (Å²) in [6.45, 7) is 3.31. The SMILES string of the molecule is Cc1cccc(C(=O)N2CCC[C@H](N(C3CCC3)S(C)(=O)=O)CC2)c1. The molecule has 0 N–H and O–H groups in total. The van der Waals surface area contributed by atoms with E-state index in [9.17, 15) is 13.2 Å². The third-order valence-corrected chi connectivity index (χ3v) is 6.79. The summed E-state index contributed by atoms with van der Waals surface area (Å²) in [6.07, 6.45) is 6.78. The summed E-state index contributed by atoms with van der Waals surface area (Å²) in [5.74, 6) is 0.0545. The molecule has 2 aliphatic rings. The van der Waals surface area contributed by atoms with Crippen LogP contribution in [-0.4, -0.2) is 55.0 Å². The Kier molecular flexibility index (Phi) is 5.49. The number of rotatable bonds is 4. The zero-order valence-electron chi connectivity index (χ0n) is 15.1. The molecule has 0 unspecified atom stereocenters. The molecule has 25 heavy (non-hydrogen) atoms. The average Bonchev–Trinajstić information content (AvgIpc) is 2.74. The minimum atomic E-state index is -3.21. The first-order chi connectivity index (χ1) is 11.9. The number of carbonyl (C=O) groups is 1. The second-order valence-electron chi connectivity index (χ2n) is 7.42. The fraction of sp³-hybridized carbons (Fsp3) is 0.632. The van der Waals surface area contributed by atoms with Gasteiger partial charge in [0.05, 0.1) is 6.26 Å². The van der Waals surface area contributed by atoms with Gasteiger partial charge in [0.25, 0.3) is 5.91 Å². The normalized spacial score (nSPS) is 22.5. The van der Waals surface area contributed by atoms with Crippen LogP contribution in [-0.2, 0) is 10.0 Å². The zero-order valence-corrected chi connectivity index (χ0v) is 16.0. The van der Waals surface area contributed by atoms with Crippen LogP contribution in [0.5, 0.6) is 0 Å². The first-order valence-electron chi connectivity index (χ1n) is 9.21. The minimum absolute atomic E-state index is 0.0237. The summed E-state index contributed by atoms with van der Waals surface area (Å²) in [4.78, 5) is 14.7. The van der Waals surface area contributed by atoms with Crippen molar-refractivity contribution in [2.75, 3.05) is 19.3 Å². The molecule has 1 aromatic rings. The summed E-state index contributed by atoms with van der Waals surface area (Å²) in [5.41, 5.74) is 1.80. The van der Waals surface area contributed by atoms with Crippen LogP contribution < -0.4 is 0 Å². The molecule has 1 aliphatic carbocycles. The predicted octanol–water partition coefficient (Wildman–Crippen LogP) is 2.80. The summed E-state index contributed by atoms with van der Waals surface area (Å²) < 4.78 is 26.3. The molecular formula is C19H28N2O3S. The van der Waals surface area contributed by atoms with Crippen LogP contribution in [0.2, 0.25) is 0 Å². The van der Waals surface area contributed by atoms with Crippen molar-refractivity contribution in [3.05, 3.63) is 35.4 Å². The Morgan fingerprint density at radius 1 is 1.08 bits per heavy atom. The second-order valence-corrected chi connectivity index (χ2v) is 9.31. The lowest BCUT2D eigenvalue weighted by Crippen LogP contribution is -2.50. The van der Waals surface area contributed by atoms with Gasteiger partial charge in [0.1, 0.15) is 0 Å². The summed E-state index contributed by atoms with van der Waals surface area (Å²) >= 11 is 0. The van der Waals surface area contributed by atoms with Crippen molar-refractivity contribution < 1.29 is 13.2 Å². The number of hydrogen-bond donors (Lipinski definition) is 0. The van der Waals surface area contributed by atoms with Crippen LogP contribution in [0.25, 0.3) is 0 Å². The van der Waals surface area contributed by atoms with Crippen molar-refractivity contribution in [2.24, 2.45) is 0 Å². The maximum absolute atomic E-state index is 12.8. The highest BCUT2D eigenvalue weighted by Crippen LogP contribution is 2.32. The Labute approximate surface area is 151 Å². The van der Waals surface area contributed by atoms with Crippen molar-refractivity contribution in [2.45, 2.75) is 57.5 Å². The minimum Gasteiger partial charge on any atom is -0.339 e. The van der Waals surface area contributed by atoms with Crippen LogP contribution >= 0.6 is 0 Å². The lowest BCUT2D eigenvalue weighted by atomic mass is 9.91. The molecule has 1 heterocycles. The lowest BCUT2D eigenvalue weighted by Gasteiger charge is -2.40. The van der Waals surface area contributed by atoms with Crippen LogP contribution in [0.3, 0.4) is 0 Å². The van der Waals surface area contributed by atoms with Gasteiger partial charge in [-0.25, -0.2) is 8.42 Å². The topological polar surface area (TPSA) is 57.7 Å². The van der Waals surface area contributed by atoms with Gasteiger partial charge in [-0.05, 0) is 51.2 Å². The standard InChI is InChI=1S/C19H28N2O3S/c1-15-6-3-7-16(14-15)19(22)20-12-5-10-18(11-13-20)21(25(2,23)24)17-8-4-9-17/h3,6-7,14,17-18H,4-5,8-13H2,1-2H3/t18-/m0/s1. The van der Waals surface area contributed by atoms with Crippen LogP contribution in [0.15, 0.2) is 24.3 Å². The predicted molar refractivity (Wildman–Crippen MR) is 99.0 cm³/mol. The van der Waals surface area contributed by atoms with Gasteiger partial charge in [0, 0.05) is 30.7 Å². The van der Waals surface area contributed by atoms with Gasteiger partial charge in [0.15, 0.2) is 0 Å². The van der Waals surface area contributed by atoms with E-state index in [1.54, 1.807) is 4.31 Å². The van der Waals surface area contributed by atoms with Crippen LogP contribution in [0.4, 0.5) is 0 Å². The molecule has 3 rings (SSSR count). The number of amides is 1. The molecule has 138 valence electrons. The number of benzene rings is 1. The number of aryl methyl sites for hydroxylation is 1. The van der Waals surface area contributed by atoms with Crippen molar-refractivity contribution in [1.29, 1.82) is 0 Å². The van der Waals surface area contributed by atoms with Gasteiger partial charge >= 0.3 is 0 Å². The van der Waals surface area contributed by atoms with E-state index in [1.807, 2.05) is 36.1 Å². The van der Waals surface area contributed by atoms with Gasteiger partial charge in [-0.3, -0.25) is 4.79 Å². The van der Waals surface area contributed by atoms with Gasteiger partial charge in [0.2, 0.25) is 10.0 Å². The number of carbonyl (C=O) groups excluding carboxylic acids is 1. The largest absolute Gasteiger partial charge is 0.339 e. The smallest absolute Gasteiger partial charge is 0.253 e. The molecule has 0 radical (unpaired) electrons. The fourth-order valence-electron chi connectivity index (χ4n) is 3.98. The van der Waals surface area contributed by atoms with E-state index in [-0.39, 0.29) is 18.0 Å².